The van der Waals surface area contributed by atoms with Crippen molar-refractivity contribution in [2.75, 3.05) is 20.6 Å². The van der Waals surface area contributed by atoms with E-state index in [-0.39, 0.29) is 29.6 Å². The van der Waals surface area contributed by atoms with Gasteiger partial charge in [0.1, 0.15) is 0 Å². The molecule has 2 nitrogen and oxygen atoms in total. The Bertz CT molecular complexity index is 500. The summed E-state index contributed by atoms with van der Waals surface area (Å²) in [6.07, 6.45) is 2.90. The first kappa shape index (κ1) is 17.7. The van der Waals surface area contributed by atoms with Crippen LogP contribution in [0.4, 0.5) is 0 Å². The molecule has 0 amide bonds. The second-order valence-electron chi connectivity index (χ2n) is 4.95. The summed E-state index contributed by atoms with van der Waals surface area (Å²) in [5, 5.41) is 0.774. The van der Waals surface area contributed by atoms with Gasteiger partial charge in [-0.2, -0.15) is 0 Å². The Morgan fingerprint density at radius 1 is 1.10 bits per heavy atom. The zero-order chi connectivity index (χ0) is 13.7. The van der Waals surface area contributed by atoms with Gasteiger partial charge >= 0.3 is 29.6 Å². The molecule has 1 aromatic carbocycles. The molecule has 0 aliphatic heterocycles. The monoisotopic (exact) mass is 297 g/mol. The number of rotatable bonds is 5. The molecule has 100 valence electrons. The Morgan fingerprint density at radius 2 is 1.80 bits per heavy atom. The van der Waals surface area contributed by atoms with Gasteiger partial charge in [-0.15, -0.1) is 0 Å². The van der Waals surface area contributed by atoms with E-state index in [9.17, 15) is 0 Å². The van der Waals surface area contributed by atoms with Gasteiger partial charge in [-0.1, -0.05) is 29.8 Å². The molecule has 0 aliphatic rings. The van der Waals surface area contributed by atoms with Crippen LogP contribution in [0.1, 0.15) is 23.6 Å². The summed E-state index contributed by atoms with van der Waals surface area (Å²) in [6, 6.07) is 14.2. The van der Waals surface area contributed by atoms with E-state index in [0.717, 1.165) is 23.7 Å². The number of nitrogens with zero attached hydrogens (tertiary/aromatic N) is 2. The molecule has 0 radical (unpaired) electrons. The van der Waals surface area contributed by atoms with Crippen LogP contribution in [0.15, 0.2) is 48.7 Å². The summed E-state index contributed by atoms with van der Waals surface area (Å²) in [7, 11) is 4.19. The first-order chi connectivity index (χ1) is 9.16. The van der Waals surface area contributed by atoms with Crippen LogP contribution in [0.5, 0.6) is 0 Å². The molecule has 2 rings (SSSR count). The molecule has 0 unspecified atom stereocenters. The quantitative estimate of drug-likeness (QED) is 0.760. The molecule has 20 heavy (non-hydrogen) atoms. The maximum atomic E-state index is 5.97. The molecule has 0 spiro atoms. The van der Waals surface area contributed by atoms with Gasteiger partial charge in [0.05, 0.1) is 0 Å². The van der Waals surface area contributed by atoms with Gasteiger partial charge in [0, 0.05) is 22.8 Å². The summed E-state index contributed by atoms with van der Waals surface area (Å²) in [6.45, 7) is 1.03. The standard InChI is InChI=1S/C16H19ClN2.Na/c1-19(2)12-10-15(16-5-3-4-11-18-16)13-6-8-14(17)9-7-13;/h3-9,11,15H,10,12H2,1-2H3;/q;+1/t15-;/m1./s1. The Balaban J connectivity index is 0.00000200. The van der Waals surface area contributed by atoms with E-state index in [1.807, 2.05) is 30.5 Å². The van der Waals surface area contributed by atoms with Gasteiger partial charge in [-0.3, -0.25) is 4.98 Å². The molecule has 2 aromatic rings. The molecular weight excluding hydrogens is 279 g/mol. The van der Waals surface area contributed by atoms with E-state index in [2.05, 4.69) is 42.2 Å². The number of pyridine rings is 1. The molecule has 1 heterocycles. The van der Waals surface area contributed by atoms with Crippen molar-refractivity contribution in [1.82, 2.24) is 9.88 Å². The van der Waals surface area contributed by atoms with E-state index in [1.54, 1.807) is 0 Å². The van der Waals surface area contributed by atoms with Gasteiger partial charge in [-0.25, -0.2) is 0 Å². The molecule has 0 saturated heterocycles. The van der Waals surface area contributed by atoms with Crippen LogP contribution in [0, 0.1) is 0 Å². The minimum Gasteiger partial charge on any atom is -0.309 e. The fraction of sp³-hybridized carbons (Fsp3) is 0.312. The normalized spacial score (nSPS) is 12.0. The number of halogens is 1. The Labute approximate surface area is 148 Å². The van der Waals surface area contributed by atoms with Crippen LogP contribution in [0.2, 0.25) is 5.02 Å². The molecule has 0 aliphatic carbocycles. The SMILES string of the molecule is CN(C)CC[C@H](c1ccc(Cl)cc1)c1ccccn1.[Na+]. The first-order valence-corrected chi connectivity index (χ1v) is 6.86. The summed E-state index contributed by atoms with van der Waals surface area (Å²) < 4.78 is 0. The third kappa shape index (κ3) is 5.19. The van der Waals surface area contributed by atoms with Crippen LogP contribution in [0.25, 0.3) is 0 Å². The zero-order valence-corrected chi connectivity index (χ0v) is 15.1. The zero-order valence-electron chi connectivity index (χ0n) is 12.4. The number of benzene rings is 1. The maximum absolute atomic E-state index is 5.97. The van der Waals surface area contributed by atoms with Crippen molar-refractivity contribution in [1.29, 1.82) is 0 Å². The minimum atomic E-state index is 0. The maximum Gasteiger partial charge on any atom is 1.00 e. The van der Waals surface area contributed by atoms with Crippen molar-refractivity contribution in [3.05, 3.63) is 64.9 Å². The fourth-order valence-corrected chi connectivity index (χ4v) is 2.28. The summed E-state index contributed by atoms with van der Waals surface area (Å²) >= 11 is 5.97. The Hall–Kier alpha value is -0.380. The second kappa shape index (κ2) is 8.81. The predicted molar refractivity (Wildman–Crippen MR) is 80.7 cm³/mol. The molecular formula is C16H19ClN2Na+. The van der Waals surface area contributed by atoms with Gasteiger partial charge in [0.15, 0.2) is 0 Å². The van der Waals surface area contributed by atoms with Crippen LogP contribution in [-0.4, -0.2) is 30.5 Å². The average molecular weight is 298 g/mol. The van der Waals surface area contributed by atoms with E-state index >= 15 is 0 Å². The van der Waals surface area contributed by atoms with Crippen molar-refractivity contribution in [3.8, 4) is 0 Å². The third-order valence-electron chi connectivity index (χ3n) is 3.18. The van der Waals surface area contributed by atoms with Gasteiger partial charge < -0.3 is 4.90 Å². The number of aromatic nitrogens is 1. The largest absolute Gasteiger partial charge is 1.00 e. The van der Waals surface area contributed by atoms with Crippen LogP contribution >= 0.6 is 11.6 Å². The summed E-state index contributed by atoms with van der Waals surface area (Å²) in [4.78, 5) is 6.70. The Morgan fingerprint density at radius 3 is 2.35 bits per heavy atom. The molecule has 1 aromatic heterocycles. The Kier molecular flexibility index (Phi) is 7.78. The number of hydrogen-bond donors (Lipinski definition) is 0. The average Bonchev–Trinajstić information content (AvgIpc) is 2.42. The smallest absolute Gasteiger partial charge is 0.309 e. The fourth-order valence-electron chi connectivity index (χ4n) is 2.15. The third-order valence-corrected chi connectivity index (χ3v) is 3.43. The summed E-state index contributed by atoms with van der Waals surface area (Å²) in [5.41, 5.74) is 2.39. The van der Waals surface area contributed by atoms with Crippen molar-refractivity contribution < 1.29 is 29.6 Å². The predicted octanol–water partition coefficient (Wildman–Crippen LogP) is 0.823. The molecule has 4 heteroatoms. The second-order valence-corrected chi connectivity index (χ2v) is 5.39. The molecule has 0 N–H and O–H groups in total. The van der Waals surface area contributed by atoms with E-state index in [4.69, 9.17) is 11.6 Å². The van der Waals surface area contributed by atoms with Crippen LogP contribution < -0.4 is 29.6 Å². The first-order valence-electron chi connectivity index (χ1n) is 6.48. The molecule has 1 atom stereocenters. The molecule has 0 fully saturated rings. The number of hydrogen-bond acceptors (Lipinski definition) is 2. The summed E-state index contributed by atoms with van der Waals surface area (Å²) in [5.74, 6) is 0.320. The van der Waals surface area contributed by atoms with Gasteiger partial charge in [-0.05, 0) is 56.9 Å². The topological polar surface area (TPSA) is 16.1 Å². The van der Waals surface area contributed by atoms with Crippen molar-refractivity contribution in [3.63, 3.8) is 0 Å². The van der Waals surface area contributed by atoms with Crippen molar-refractivity contribution >= 4 is 11.6 Å². The molecule has 0 bridgehead atoms. The van der Waals surface area contributed by atoms with Gasteiger partial charge in [0.25, 0.3) is 0 Å². The van der Waals surface area contributed by atoms with Crippen LogP contribution in [0.3, 0.4) is 0 Å². The van der Waals surface area contributed by atoms with Crippen LogP contribution in [-0.2, 0) is 0 Å². The van der Waals surface area contributed by atoms with E-state index in [1.165, 1.54) is 5.56 Å². The van der Waals surface area contributed by atoms with E-state index in [0.29, 0.717) is 5.92 Å². The van der Waals surface area contributed by atoms with Crippen molar-refractivity contribution in [2.24, 2.45) is 0 Å². The van der Waals surface area contributed by atoms with E-state index < -0.39 is 0 Å². The minimum absolute atomic E-state index is 0. The van der Waals surface area contributed by atoms with Crippen molar-refractivity contribution in [2.45, 2.75) is 12.3 Å². The molecule has 0 saturated carbocycles. The van der Waals surface area contributed by atoms with Gasteiger partial charge in [0.2, 0.25) is 0 Å².